The van der Waals surface area contributed by atoms with Crippen LogP contribution in [-0.4, -0.2) is 30.5 Å². The molecule has 92 valence electrons. The second-order valence-corrected chi connectivity index (χ2v) is 3.48. The van der Waals surface area contributed by atoms with Gasteiger partial charge >= 0.3 is 0 Å². The molecule has 0 spiro atoms. The van der Waals surface area contributed by atoms with Gasteiger partial charge < -0.3 is 19.7 Å². The Kier molecular flexibility index (Phi) is 4.76. The van der Waals surface area contributed by atoms with Gasteiger partial charge in [0.25, 0.3) is 0 Å². The number of aliphatic hydroxyl groups excluding tert-OH is 2. The van der Waals surface area contributed by atoms with E-state index in [4.69, 9.17) is 14.7 Å². The van der Waals surface area contributed by atoms with E-state index in [9.17, 15) is 10.2 Å². The van der Waals surface area contributed by atoms with E-state index in [0.717, 1.165) is 0 Å². The first-order valence-electron chi connectivity index (χ1n) is 5.09. The van der Waals surface area contributed by atoms with Gasteiger partial charge in [-0.3, -0.25) is 0 Å². The van der Waals surface area contributed by atoms with Crippen LogP contribution in [-0.2, 0) is 0 Å². The first-order chi connectivity index (χ1) is 8.13. The Bertz CT molecular complexity index is 413. The monoisotopic (exact) mass is 237 g/mol. The molecule has 0 aromatic heterocycles. The van der Waals surface area contributed by atoms with E-state index in [-0.39, 0.29) is 6.42 Å². The third-order valence-corrected chi connectivity index (χ3v) is 2.42. The third kappa shape index (κ3) is 3.09. The molecule has 1 rings (SSSR count). The lowest BCUT2D eigenvalue weighted by molar-refractivity contribution is 0.0202. The highest BCUT2D eigenvalue weighted by molar-refractivity contribution is 5.42. The van der Waals surface area contributed by atoms with Crippen molar-refractivity contribution >= 4 is 0 Å². The summed E-state index contributed by atoms with van der Waals surface area (Å²) < 4.78 is 10.1. The summed E-state index contributed by atoms with van der Waals surface area (Å²) in [7, 11) is 2.98. The SMILES string of the molecule is COc1ccc(C(O)C(O)CC#N)c(OC)c1. The van der Waals surface area contributed by atoms with Crippen LogP contribution in [0.2, 0.25) is 0 Å². The topological polar surface area (TPSA) is 82.7 Å². The van der Waals surface area contributed by atoms with Crippen molar-refractivity contribution in [2.75, 3.05) is 14.2 Å². The van der Waals surface area contributed by atoms with Crippen molar-refractivity contribution in [2.24, 2.45) is 0 Å². The van der Waals surface area contributed by atoms with Crippen LogP contribution >= 0.6 is 0 Å². The van der Waals surface area contributed by atoms with E-state index in [2.05, 4.69) is 0 Å². The van der Waals surface area contributed by atoms with Crippen molar-refractivity contribution < 1.29 is 19.7 Å². The second kappa shape index (κ2) is 6.09. The lowest BCUT2D eigenvalue weighted by atomic mass is 10.0. The maximum atomic E-state index is 9.87. The van der Waals surface area contributed by atoms with Crippen molar-refractivity contribution in [1.29, 1.82) is 5.26 Å². The largest absolute Gasteiger partial charge is 0.497 e. The van der Waals surface area contributed by atoms with Gasteiger partial charge in [0.2, 0.25) is 0 Å². The van der Waals surface area contributed by atoms with Crippen LogP contribution < -0.4 is 9.47 Å². The Morgan fingerprint density at radius 1 is 1.29 bits per heavy atom. The quantitative estimate of drug-likeness (QED) is 0.798. The molecule has 0 fully saturated rings. The molecule has 0 bridgehead atoms. The molecule has 0 saturated carbocycles. The van der Waals surface area contributed by atoms with Crippen molar-refractivity contribution in [2.45, 2.75) is 18.6 Å². The first kappa shape index (κ1) is 13.3. The molecule has 17 heavy (non-hydrogen) atoms. The molecule has 0 heterocycles. The minimum atomic E-state index is -1.16. The molecule has 0 radical (unpaired) electrons. The van der Waals surface area contributed by atoms with Gasteiger partial charge in [0, 0.05) is 11.6 Å². The Balaban J connectivity index is 3.01. The zero-order valence-corrected chi connectivity index (χ0v) is 9.75. The number of hydrogen-bond donors (Lipinski definition) is 2. The Morgan fingerprint density at radius 2 is 2.00 bits per heavy atom. The van der Waals surface area contributed by atoms with Crippen molar-refractivity contribution in [3.8, 4) is 17.6 Å². The van der Waals surface area contributed by atoms with Crippen molar-refractivity contribution in [3.63, 3.8) is 0 Å². The molecule has 2 atom stereocenters. The lowest BCUT2D eigenvalue weighted by Crippen LogP contribution is -2.18. The van der Waals surface area contributed by atoms with Crippen molar-refractivity contribution in [1.82, 2.24) is 0 Å². The molecular weight excluding hydrogens is 222 g/mol. The summed E-state index contributed by atoms with van der Waals surface area (Å²) in [5.41, 5.74) is 0.427. The molecule has 5 nitrogen and oxygen atoms in total. The van der Waals surface area contributed by atoms with Gasteiger partial charge in [-0.2, -0.15) is 5.26 Å². The molecule has 0 aliphatic heterocycles. The predicted octanol–water partition coefficient (Wildman–Crippen LogP) is 1.01. The predicted molar refractivity (Wildman–Crippen MR) is 60.7 cm³/mol. The number of aliphatic hydroxyl groups is 2. The van der Waals surface area contributed by atoms with Gasteiger partial charge in [-0.1, -0.05) is 0 Å². The highest BCUT2D eigenvalue weighted by Gasteiger charge is 2.21. The Labute approximate surface area is 99.8 Å². The van der Waals surface area contributed by atoms with E-state index >= 15 is 0 Å². The fourth-order valence-electron chi connectivity index (χ4n) is 1.48. The highest BCUT2D eigenvalue weighted by atomic mass is 16.5. The van der Waals surface area contributed by atoms with Crippen LogP contribution in [0.25, 0.3) is 0 Å². The lowest BCUT2D eigenvalue weighted by Gasteiger charge is -2.18. The Morgan fingerprint density at radius 3 is 2.53 bits per heavy atom. The van der Waals surface area contributed by atoms with E-state index in [0.29, 0.717) is 17.1 Å². The van der Waals surface area contributed by atoms with Crippen LogP contribution in [0.1, 0.15) is 18.1 Å². The molecule has 1 aromatic rings. The number of nitriles is 1. The number of benzene rings is 1. The van der Waals surface area contributed by atoms with Crippen molar-refractivity contribution in [3.05, 3.63) is 23.8 Å². The summed E-state index contributed by atoms with van der Waals surface area (Å²) in [6, 6.07) is 6.66. The number of hydrogen-bond acceptors (Lipinski definition) is 5. The normalized spacial score (nSPS) is 13.6. The van der Waals surface area contributed by atoms with Gasteiger partial charge in [-0.25, -0.2) is 0 Å². The molecule has 0 aliphatic carbocycles. The molecule has 2 N–H and O–H groups in total. The van der Waals surface area contributed by atoms with Crippen LogP contribution in [0.4, 0.5) is 0 Å². The number of ether oxygens (including phenoxy) is 2. The molecule has 5 heteroatoms. The molecule has 1 aromatic carbocycles. The van der Waals surface area contributed by atoms with Gasteiger partial charge in [0.1, 0.15) is 17.6 Å². The first-order valence-corrected chi connectivity index (χ1v) is 5.09. The Hall–Kier alpha value is -1.77. The zero-order valence-electron chi connectivity index (χ0n) is 9.75. The fraction of sp³-hybridized carbons (Fsp3) is 0.417. The number of methoxy groups -OCH3 is 2. The van der Waals surface area contributed by atoms with Crippen LogP contribution in [0.5, 0.6) is 11.5 Å². The number of nitrogens with zero attached hydrogens (tertiary/aromatic N) is 1. The molecular formula is C12H15NO4. The van der Waals surface area contributed by atoms with Gasteiger partial charge in [0.15, 0.2) is 0 Å². The van der Waals surface area contributed by atoms with E-state index in [1.165, 1.54) is 14.2 Å². The maximum absolute atomic E-state index is 9.87. The summed E-state index contributed by atoms with van der Waals surface area (Å²) in [4.78, 5) is 0. The third-order valence-electron chi connectivity index (χ3n) is 2.42. The summed E-state index contributed by atoms with van der Waals surface area (Å²) in [5.74, 6) is 1.00. The summed E-state index contributed by atoms with van der Waals surface area (Å²) in [5, 5.41) is 27.9. The van der Waals surface area contributed by atoms with Crippen LogP contribution in [0.15, 0.2) is 18.2 Å². The summed E-state index contributed by atoms with van der Waals surface area (Å²) >= 11 is 0. The van der Waals surface area contributed by atoms with E-state index < -0.39 is 12.2 Å². The molecule has 0 saturated heterocycles. The average molecular weight is 237 g/mol. The molecule has 0 amide bonds. The minimum absolute atomic E-state index is 0.143. The standard InChI is InChI=1S/C12H15NO4/c1-16-8-3-4-9(11(7-8)17-2)12(15)10(14)5-6-13/h3-4,7,10,12,14-15H,5H2,1-2H3. The van der Waals surface area contributed by atoms with E-state index in [1.54, 1.807) is 24.3 Å². The fourth-order valence-corrected chi connectivity index (χ4v) is 1.48. The van der Waals surface area contributed by atoms with E-state index in [1.807, 2.05) is 0 Å². The zero-order chi connectivity index (χ0) is 12.8. The summed E-state index contributed by atoms with van der Waals surface area (Å²) in [6.45, 7) is 0. The highest BCUT2D eigenvalue weighted by Crippen LogP contribution is 2.31. The molecule has 0 aliphatic rings. The van der Waals surface area contributed by atoms with Gasteiger partial charge in [-0.05, 0) is 12.1 Å². The average Bonchev–Trinajstić information content (AvgIpc) is 2.37. The van der Waals surface area contributed by atoms with Gasteiger partial charge in [0.05, 0.1) is 32.8 Å². The molecule has 2 unspecified atom stereocenters. The number of rotatable bonds is 5. The smallest absolute Gasteiger partial charge is 0.128 e. The summed E-state index contributed by atoms with van der Waals surface area (Å²) in [6.07, 6.45) is -2.44. The second-order valence-electron chi connectivity index (χ2n) is 3.48. The minimum Gasteiger partial charge on any atom is -0.497 e. The van der Waals surface area contributed by atoms with Crippen LogP contribution in [0.3, 0.4) is 0 Å². The maximum Gasteiger partial charge on any atom is 0.128 e. The van der Waals surface area contributed by atoms with Crippen LogP contribution in [0, 0.1) is 11.3 Å². The van der Waals surface area contributed by atoms with Gasteiger partial charge in [-0.15, -0.1) is 0 Å².